The van der Waals surface area contributed by atoms with Crippen molar-refractivity contribution in [3.05, 3.63) is 34.9 Å². The molecule has 2 unspecified atom stereocenters. The van der Waals surface area contributed by atoms with Gasteiger partial charge in [-0.15, -0.1) is 0 Å². The quantitative estimate of drug-likeness (QED) is 0.590. The predicted octanol–water partition coefficient (Wildman–Crippen LogP) is 3.02. The summed E-state index contributed by atoms with van der Waals surface area (Å²) >= 11 is 0. The molecule has 0 bridgehead atoms. The molecular formula is C12H16O. The van der Waals surface area contributed by atoms with Crippen molar-refractivity contribution in [2.24, 2.45) is 0 Å². The number of ether oxygens (including phenoxy) is 1. The third kappa shape index (κ3) is 1.37. The van der Waals surface area contributed by atoms with Crippen LogP contribution in [-0.4, -0.2) is 6.10 Å². The molecule has 0 aromatic heterocycles. The Bertz CT molecular complexity index is 317. The van der Waals surface area contributed by atoms with E-state index in [-0.39, 0.29) is 0 Å². The molecule has 1 aromatic carbocycles. The Hall–Kier alpha value is -0.820. The zero-order valence-corrected chi connectivity index (χ0v) is 8.50. The maximum atomic E-state index is 5.67. The van der Waals surface area contributed by atoms with Gasteiger partial charge in [0, 0.05) is 5.92 Å². The van der Waals surface area contributed by atoms with E-state index in [2.05, 4.69) is 39.0 Å². The van der Waals surface area contributed by atoms with E-state index < -0.39 is 0 Å². The highest BCUT2D eigenvalue weighted by molar-refractivity contribution is 5.38. The van der Waals surface area contributed by atoms with Crippen LogP contribution in [0, 0.1) is 6.92 Å². The number of aryl methyl sites for hydroxylation is 1. The first kappa shape index (κ1) is 8.76. The molecule has 1 heterocycles. The van der Waals surface area contributed by atoms with Crippen LogP contribution in [0.5, 0.6) is 0 Å². The number of hydrogen-bond donors (Lipinski definition) is 0. The molecule has 0 saturated carbocycles. The van der Waals surface area contributed by atoms with Crippen molar-refractivity contribution in [2.75, 3.05) is 0 Å². The van der Waals surface area contributed by atoms with Crippen LogP contribution in [0.2, 0.25) is 0 Å². The summed E-state index contributed by atoms with van der Waals surface area (Å²) in [5, 5.41) is 0. The van der Waals surface area contributed by atoms with Crippen LogP contribution >= 0.6 is 0 Å². The van der Waals surface area contributed by atoms with E-state index in [9.17, 15) is 0 Å². The maximum absolute atomic E-state index is 5.67. The number of hydrogen-bond acceptors (Lipinski definition) is 1. The van der Waals surface area contributed by atoms with Crippen molar-refractivity contribution in [2.45, 2.75) is 39.4 Å². The Morgan fingerprint density at radius 1 is 1.31 bits per heavy atom. The van der Waals surface area contributed by atoms with Gasteiger partial charge in [-0.1, -0.05) is 25.1 Å². The molecule has 70 valence electrons. The molecule has 1 aliphatic heterocycles. The van der Waals surface area contributed by atoms with Crippen LogP contribution in [0.3, 0.4) is 0 Å². The highest BCUT2D eigenvalue weighted by atomic mass is 16.5. The average molecular weight is 176 g/mol. The molecule has 1 aliphatic rings. The SMILES string of the molecule is Cc1cccc2c1C(C)C(C)OC2. The fourth-order valence-corrected chi connectivity index (χ4v) is 2.12. The van der Waals surface area contributed by atoms with Gasteiger partial charge in [-0.3, -0.25) is 0 Å². The van der Waals surface area contributed by atoms with Crippen LogP contribution in [0.1, 0.15) is 36.5 Å². The maximum Gasteiger partial charge on any atom is 0.0723 e. The minimum Gasteiger partial charge on any atom is -0.373 e. The van der Waals surface area contributed by atoms with E-state index >= 15 is 0 Å². The zero-order valence-electron chi connectivity index (χ0n) is 8.50. The van der Waals surface area contributed by atoms with Crippen molar-refractivity contribution < 1.29 is 4.74 Å². The summed E-state index contributed by atoms with van der Waals surface area (Å²) in [4.78, 5) is 0. The van der Waals surface area contributed by atoms with Gasteiger partial charge in [0.25, 0.3) is 0 Å². The molecular weight excluding hydrogens is 160 g/mol. The first-order valence-electron chi connectivity index (χ1n) is 4.90. The van der Waals surface area contributed by atoms with E-state index in [0.29, 0.717) is 12.0 Å². The molecule has 0 amide bonds. The third-order valence-electron chi connectivity index (χ3n) is 3.08. The van der Waals surface area contributed by atoms with Crippen LogP contribution in [0.15, 0.2) is 18.2 Å². The Labute approximate surface area is 79.7 Å². The molecule has 0 spiro atoms. The Kier molecular flexibility index (Phi) is 2.12. The van der Waals surface area contributed by atoms with E-state index in [1.165, 1.54) is 16.7 Å². The van der Waals surface area contributed by atoms with E-state index in [0.717, 1.165) is 6.61 Å². The van der Waals surface area contributed by atoms with Crippen LogP contribution in [-0.2, 0) is 11.3 Å². The highest BCUT2D eigenvalue weighted by Crippen LogP contribution is 2.32. The third-order valence-corrected chi connectivity index (χ3v) is 3.08. The summed E-state index contributed by atoms with van der Waals surface area (Å²) in [7, 11) is 0. The Balaban J connectivity index is 2.51. The Morgan fingerprint density at radius 3 is 2.85 bits per heavy atom. The smallest absolute Gasteiger partial charge is 0.0723 e. The monoisotopic (exact) mass is 176 g/mol. The van der Waals surface area contributed by atoms with Crippen LogP contribution in [0.4, 0.5) is 0 Å². The standard InChI is InChI=1S/C12H16O/c1-8-5-4-6-11-7-13-10(3)9(2)12(8)11/h4-6,9-10H,7H2,1-3H3. The van der Waals surface area contributed by atoms with Crippen molar-refractivity contribution in [3.63, 3.8) is 0 Å². The molecule has 0 fully saturated rings. The van der Waals surface area contributed by atoms with E-state index in [1.807, 2.05) is 0 Å². The van der Waals surface area contributed by atoms with Gasteiger partial charge in [0.1, 0.15) is 0 Å². The first-order valence-corrected chi connectivity index (χ1v) is 4.90. The summed E-state index contributed by atoms with van der Waals surface area (Å²) < 4.78 is 5.67. The molecule has 1 aromatic rings. The van der Waals surface area contributed by atoms with Gasteiger partial charge in [-0.05, 0) is 30.5 Å². The molecule has 0 saturated heterocycles. The van der Waals surface area contributed by atoms with E-state index in [1.54, 1.807) is 0 Å². The van der Waals surface area contributed by atoms with Gasteiger partial charge in [-0.25, -0.2) is 0 Å². The molecule has 0 aliphatic carbocycles. The van der Waals surface area contributed by atoms with Crippen LogP contribution < -0.4 is 0 Å². The van der Waals surface area contributed by atoms with Gasteiger partial charge in [0.2, 0.25) is 0 Å². The van der Waals surface area contributed by atoms with E-state index in [4.69, 9.17) is 4.74 Å². The van der Waals surface area contributed by atoms with Crippen molar-refractivity contribution in [1.29, 1.82) is 0 Å². The number of fused-ring (bicyclic) bond motifs is 1. The minimum absolute atomic E-state index is 0.355. The first-order chi connectivity index (χ1) is 6.20. The molecule has 1 heteroatoms. The molecule has 0 radical (unpaired) electrons. The van der Waals surface area contributed by atoms with Gasteiger partial charge < -0.3 is 4.74 Å². The lowest BCUT2D eigenvalue weighted by Gasteiger charge is -2.30. The molecule has 2 atom stereocenters. The predicted molar refractivity (Wildman–Crippen MR) is 53.8 cm³/mol. The van der Waals surface area contributed by atoms with Crippen molar-refractivity contribution >= 4 is 0 Å². The fourth-order valence-electron chi connectivity index (χ4n) is 2.12. The largest absolute Gasteiger partial charge is 0.373 e. The highest BCUT2D eigenvalue weighted by Gasteiger charge is 2.24. The second-order valence-corrected chi connectivity index (χ2v) is 3.95. The molecule has 13 heavy (non-hydrogen) atoms. The van der Waals surface area contributed by atoms with Crippen molar-refractivity contribution in [3.8, 4) is 0 Å². The summed E-state index contributed by atoms with van der Waals surface area (Å²) in [6.45, 7) is 7.37. The van der Waals surface area contributed by atoms with Crippen molar-refractivity contribution in [1.82, 2.24) is 0 Å². The fraction of sp³-hybridized carbons (Fsp3) is 0.500. The lowest BCUT2D eigenvalue weighted by molar-refractivity contribution is 0.0239. The summed E-state index contributed by atoms with van der Waals surface area (Å²) in [6, 6.07) is 6.47. The summed E-state index contributed by atoms with van der Waals surface area (Å²) in [5.41, 5.74) is 4.27. The Morgan fingerprint density at radius 2 is 2.08 bits per heavy atom. The molecule has 1 nitrogen and oxygen atoms in total. The number of rotatable bonds is 0. The van der Waals surface area contributed by atoms with Gasteiger partial charge in [-0.2, -0.15) is 0 Å². The second-order valence-electron chi connectivity index (χ2n) is 3.95. The normalized spacial score (nSPS) is 27.0. The second kappa shape index (κ2) is 3.15. The summed E-state index contributed by atoms with van der Waals surface area (Å²) in [5.74, 6) is 0.532. The van der Waals surface area contributed by atoms with Gasteiger partial charge in [0.05, 0.1) is 12.7 Å². The van der Waals surface area contributed by atoms with Crippen LogP contribution in [0.25, 0.3) is 0 Å². The van der Waals surface area contributed by atoms with Gasteiger partial charge >= 0.3 is 0 Å². The minimum atomic E-state index is 0.355. The zero-order chi connectivity index (χ0) is 9.42. The summed E-state index contributed by atoms with van der Waals surface area (Å²) in [6.07, 6.45) is 0.355. The number of benzene rings is 1. The molecule has 0 N–H and O–H groups in total. The van der Waals surface area contributed by atoms with Gasteiger partial charge in [0.15, 0.2) is 0 Å². The lowest BCUT2D eigenvalue weighted by Crippen LogP contribution is -2.24. The average Bonchev–Trinajstić information content (AvgIpc) is 2.12. The topological polar surface area (TPSA) is 9.23 Å². The molecule has 2 rings (SSSR count). The lowest BCUT2D eigenvalue weighted by atomic mass is 9.86.